The molecule has 3 nitrogen and oxygen atoms in total. The van der Waals surface area contributed by atoms with Crippen LogP contribution in [0.4, 0.5) is 0 Å². The molecule has 1 N–H and O–H groups in total. The van der Waals surface area contributed by atoms with E-state index in [-0.39, 0.29) is 6.04 Å². The molecule has 3 unspecified atom stereocenters. The van der Waals surface area contributed by atoms with Crippen LogP contribution in [0.25, 0.3) is 0 Å². The third kappa shape index (κ3) is 2.17. The first kappa shape index (κ1) is 10.9. The van der Waals surface area contributed by atoms with Crippen LogP contribution in [0.3, 0.4) is 0 Å². The molecule has 2 rings (SSSR count). The molecule has 2 aliphatic rings. The molecule has 1 saturated heterocycles. The lowest BCUT2D eigenvalue weighted by molar-refractivity contribution is -0.142. The number of rotatable bonds is 3. The summed E-state index contributed by atoms with van der Waals surface area (Å²) in [5, 5.41) is 9.13. The van der Waals surface area contributed by atoms with Crippen LogP contribution in [0.15, 0.2) is 0 Å². The first-order chi connectivity index (χ1) is 7.22. The van der Waals surface area contributed by atoms with Crippen molar-refractivity contribution >= 4 is 5.97 Å². The van der Waals surface area contributed by atoms with Gasteiger partial charge in [-0.1, -0.05) is 13.3 Å². The van der Waals surface area contributed by atoms with Crippen LogP contribution >= 0.6 is 0 Å². The van der Waals surface area contributed by atoms with E-state index in [2.05, 4.69) is 11.8 Å². The second-order valence-corrected chi connectivity index (χ2v) is 4.98. The smallest absolute Gasteiger partial charge is 0.320 e. The molecule has 2 fully saturated rings. The molecule has 3 atom stereocenters. The molecular weight excluding hydrogens is 190 g/mol. The third-order valence-corrected chi connectivity index (χ3v) is 4.14. The van der Waals surface area contributed by atoms with Crippen LogP contribution in [0, 0.1) is 5.92 Å². The summed E-state index contributed by atoms with van der Waals surface area (Å²) in [6, 6.07) is 0.365. The quantitative estimate of drug-likeness (QED) is 0.777. The molecule has 0 radical (unpaired) electrons. The van der Waals surface area contributed by atoms with E-state index in [0.717, 1.165) is 25.3 Å². The van der Waals surface area contributed by atoms with Gasteiger partial charge in [-0.2, -0.15) is 0 Å². The number of carbonyl (C=O) groups is 1. The lowest BCUT2D eigenvalue weighted by Crippen LogP contribution is -2.42. The van der Waals surface area contributed by atoms with Crippen LogP contribution in [-0.2, 0) is 4.79 Å². The number of likely N-dealkylation sites (tertiary alicyclic amines) is 1. The lowest BCUT2D eigenvalue weighted by atomic mass is 10.0. The highest BCUT2D eigenvalue weighted by Gasteiger charge is 2.38. The number of nitrogens with zero attached hydrogens (tertiary/aromatic N) is 1. The zero-order valence-electron chi connectivity index (χ0n) is 9.48. The van der Waals surface area contributed by atoms with Gasteiger partial charge in [-0.3, -0.25) is 9.69 Å². The van der Waals surface area contributed by atoms with E-state index in [0.29, 0.717) is 6.04 Å². The zero-order chi connectivity index (χ0) is 10.8. The fourth-order valence-corrected chi connectivity index (χ4v) is 3.21. The molecule has 0 spiro atoms. The summed E-state index contributed by atoms with van der Waals surface area (Å²) in [6.07, 6.45) is 6.89. The second kappa shape index (κ2) is 4.52. The fraction of sp³-hybridized carbons (Fsp3) is 0.917. The SMILES string of the molecule is CCC1CCC(N2CCCC2C(=O)O)C1. The van der Waals surface area contributed by atoms with Crippen molar-refractivity contribution in [2.75, 3.05) is 6.54 Å². The minimum atomic E-state index is -0.618. The van der Waals surface area contributed by atoms with Crippen molar-refractivity contribution in [1.29, 1.82) is 0 Å². The number of hydrogen-bond acceptors (Lipinski definition) is 2. The number of carboxylic acid groups (broad SMARTS) is 1. The Morgan fingerprint density at radius 3 is 2.80 bits per heavy atom. The summed E-state index contributed by atoms with van der Waals surface area (Å²) in [6.45, 7) is 3.24. The average Bonchev–Trinajstić information content (AvgIpc) is 2.85. The van der Waals surface area contributed by atoms with Crippen LogP contribution in [0.1, 0.15) is 45.4 Å². The summed E-state index contributed by atoms with van der Waals surface area (Å²) in [5.74, 6) is 0.220. The third-order valence-electron chi connectivity index (χ3n) is 4.14. The van der Waals surface area contributed by atoms with E-state index in [1.165, 1.54) is 25.7 Å². The van der Waals surface area contributed by atoms with Crippen molar-refractivity contribution in [2.45, 2.75) is 57.5 Å². The van der Waals surface area contributed by atoms with Crippen molar-refractivity contribution in [3.05, 3.63) is 0 Å². The summed E-state index contributed by atoms with van der Waals surface area (Å²) >= 11 is 0. The molecule has 0 amide bonds. The Hall–Kier alpha value is -0.570. The summed E-state index contributed by atoms with van der Waals surface area (Å²) in [7, 11) is 0. The molecule has 1 aliphatic heterocycles. The topological polar surface area (TPSA) is 40.5 Å². The molecule has 0 aromatic heterocycles. The fourth-order valence-electron chi connectivity index (χ4n) is 3.21. The Labute approximate surface area is 91.5 Å². The maximum Gasteiger partial charge on any atom is 0.320 e. The Bertz CT molecular complexity index is 242. The van der Waals surface area contributed by atoms with Gasteiger partial charge in [0.1, 0.15) is 6.04 Å². The summed E-state index contributed by atoms with van der Waals surface area (Å²) < 4.78 is 0. The van der Waals surface area contributed by atoms with E-state index in [4.69, 9.17) is 5.11 Å². The first-order valence-corrected chi connectivity index (χ1v) is 6.21. The Morgan fingerprint density at radius 2 is 2.20 bits per heavy atom. The second-order valence-electron chi connectivity index (χ2n) is 4.98. The van der Waals surface area contributed by atoms with Crippen molar-refractivity contribution in [3.63, 3.8) is 0 Å². The van der Waals surface area contributed by atoms with Crippen molar-refractivity contribution in [2.24, 2.45) is 5.92 Å². The van der Waals surface area contributed by atoms with Gasteiger partial charge >= 0.3 is 5.97 Å². The highest BCUT2D eigenvalue weighted by atomic mass is 16.4. The summed E-state index contributed by atoms with van der Waals surface area (Å²) in [5.41, 5.74) is 0. The molecule has 15 heavy (non-hydrogen) atoms. The predicted molar refractivity (Wildman–Crippen MR) is 58.8 cm³/mol. The predicted octanol–water partition coefficient (Wildman–Crippen LogP) is 2.11. The largest absolute Gasteiger partial charge is 0.480 e. The van der Waals surface area contributed by atoms with E-state index >= 15 is 0 Å². The van der Waals surface area contributed by atoms with Gasteiger partial charge in [-0.05, 0) is 44.6 Å². The first-order valence-electron chi connectivity index (χ1n) is 6.21. The van der Waals surface area contributed by atoms with Crippen molar-refractivity contribution < 1.29 is 9.90 Å². The molecule has 1 saturated carbocycles. The normalized spacial score (nSPS) is 37.3. The van der Waals surface area contributed by atoms with Gasteiger partial charge in [0.15, 0.2) is 0 Å². The van der Waals surface area contributed by atoms with Gasteiger partial charge in [-0.25, -0.2) is 0 Å². The van der Waals surface area contributed by atoms with Gasteiger partial charge in [0, 0.05) is 6.04 Å². The molecule has 0 aromatic carbocycles. The molecular formula is C12H21NO2. The van der Waals surface area contributed by atoms with E-state index in [9.17, 15) is 4.79 Å². The number of carboxylic acids is 1. The van der Waals surface area contributed by atoms with Gasteiger partial charge < -0.3 is 5.11 Å². The van der Waals surface area contributed by atoms with E-state index in [1.54, 1.807) is 0 Å². The molecule has 86 valence electrons. The molecule has 0 aromatic rings. The van der Waals surface area contributed by atoms with Gasteiger partial charge in [0.2, 0.25) is 0 Å². The van der Waals surface area contributed by atoms with Gasteiger partial charge in [-0.15, -0.1) is 0 Å². The van der Waals surface area contributed by atoms with Gasteiger partial charge in [0.25, 0.3) is 0 Å². The Balaban J connectivity index is 1.95. The van der Waals surface area contributed by atoms with E-state index in [1.807, 2.05) is 0 Å². The monoisotopic (exact) mass is 211 g/mol. The average molecular weight is 211 g/mol. The number of aliphatic carboxylic acids is 1. The van der Waals surface area contributed by atoms with E-state index < -0.39 is 5.97 Å². The maximum atomic E-state index is 11.1. The van der Waals surface area contributed by atoms with Crippen molar-refractivity contribution in [3.8, 4) is 0 Å². The highest BCUT2D eigenvalue weighted by Crippen LogP contribution is 2.34. The minimum Gasteiger partial charge on any atom is -0.480 e. The summed E-state index contributed by atoms with van der Waals surface area (Å²) in [4.78, 5) is 13.3. The standard InChI is InChI=1S/C12H21NO2/c1-2-9-5-6-10(8-9)13-7-3-4-11(13)12(14)15/h9-11H,2-8H2,1H3,(H,14,15). The van der Waals surface area contributed by atoms with Crippen LogP contribution < -0.4 is 0 Å². The molecule has 1 heterocycles. The minimum absolute atomic E-state index is 0.189. The van der Waals surface area contributed by atoms with Crippen LogP contribution in [0.2, 0.25) is 0 Å². The highest BCUT2D eigenvalue weighted by molar-refractivity contribution is 5.73. The molecule has 0 bridgehead atoms. The van der Waals surface area contributed by atoms with Gasteiger partial charge in [0.05, 0.1) is 0 Å². The Morgan fingerprint density at radius 1 is 1.40 bits per heavy atom. The maximum absolute atomic E-state index is 11.1. The zero-order valence-corrected chi connectivity index (χ0v) is 9.48. The Kier molecular flexibility index (Phi) is 3.29. The van der Waals surface area contributed by atoms with Crippen molar-refractivity contribution in [1.82, 2.24) is 4.90 Å². The lowest BCUT2D eigenvalue weighted by Gasteiger charge is -2.28. The van der Waals surface area contributed by atoms with Crippen LogP contribution in [0.5, 0.6) is 0 Å². The molecule has 1 aliphatic carbocycles. The van der Waals surface area contributed by atoms with Crippen LogP contribution in [-0.4, -0.2) is 34.6 Å². The molecule has 3 heteroatoms. The number of hydrogen-bond donors (Lipinski definition) is 1.